The normalized spacial score (nSPS) is 12.1. The molecule has 274 valence electrons. The number of para-hydroxylation sites is 3. The van der Waals surface area contributed by atoms with Crippen molar-refractivity contribution >= 4 is 87.4 Å². The van der Waals surface area contributed by atoms with Crippen LogP contribution in [0.5, 0.6) is 0 Å². The van der Waals surface area contributed by atoms with E-state index in [2.05, 4.69) is 121 Å². The first-order chi connectivity index (χ1) is 29.2. The van der Waals surface area contributed by atoms with E-state index in [9.17, 15) is 0 Å². The summed E-state index contributed by atoms with van der Waals surface area (Å²) in [6, 6.07) is 60.3. The highest BCUT2D eigenvalue weighted by atomic mass is 16.3. The van der Waals surface area contributed by atoms with Gasteiger partial charge in [-0.3, -0.25) is 0 Å². The van der Waals surface area contributed by atoms with Gasteiger partial charge in [0.1, 0.15) is 33.5 Å². The lowest BCUT2D eigenvalue weighted by atomic mass is 9.94. The van der Waals surface area contributed by atoms with Crippen molar-refractivity contribution in [2.45, 2.75) is 0 Å². The number of furan rings is 3. The average Bonchev–Trinajstić information content (AvgIpc) is 4.00. The molecule has 6 heteroatoms. The summed E-state index contributed by atoms with van der Waals surface area (Å²) in [4.78, 5) is 15.8. The fourth-order valence-electron chi connectivity index (χ4n) is 9.05. The minimum atomic E-state index is 0.551. The van der Waals surface area contributed by atoms with Gasteiger partial charge in [-0.15, -0.1) is 0 Å². The molecule has 0 saturated carbocycles. The Balaban J connectivity index is 1.08. The van der Waals surface area contributed by atoms with Crippen LogP contribution >= 0.6 is 0 Å². The molecule has 0 bridgehead atoms. The molecule has 4 aromatic heterocycles. The number of benzene rings is 9. The Labute approximate surface area is 335 Å². The first-order valence-corrected chi connectivity index (χ1v) is 19.7. The lowest BCUT2D eigenvalue weighted by Crippen LogP contribution is -2.00. The maximum Gasteiger partial charge on any atom is 0.164 e. The van der Waals surface area contributed by atoms with E-state index in [-0.39, 0.29) is 0 Å². The second kappa shape index (κ2) is 12.2. The van der Waals surface area contributed by atoms with Crippen LogP contribution in [0.25, 0.3) is 133 Å². The van der Waals surface area contributed by atoms with Crippen molar-refractivity contribution in [1.82, 2.24) is 15.0 Å². The topological polar surface area (TPSA) is 78.1 Å². The molecule has 4 heterocycles. The van der Waals surface area contributed by atoms with Crippen molar-refractivity contribution in [2.24, 2.45) is 0 Å². The molecule has 0 N–H and O–H groups in total. The lowest BCUT2D eigenvalue weighted by molar-refractivity contribution is 0.669. The number of nitrogens with zero attached hydrogens (tertiary/aromatic N) is 3. The smallest absolute Gasteiger partial charge is 0.164 e. The van der Waals surface area contributed by atoms with Gasteiger partial charge in [-0.05, 0) is 58.1 Å². The lowest BCUT2D eigenvalue weighted by Gasteiger charge is -2.11. The highest BCUT2D eigenvalue weighted by Crippen LogP contribution is 2.46. The summed E-state index contributed by atoms with van der Waals surface area (Å²) >= 11 is 0. The van der Waals surface area contributed by atoms with Gasteiger partial charge in [0.25, 0.3) is 0 Å². The average molecular weight is 756 g/mol. The molecule has 0 fully saturated rings. The Morgan fingerprint density at radius 1 is 0.288 bits per heavy atom. The summed E-state index contributed by atoms with van der Waals surface area (Å²) in [6.07, 6.45) is 0. The number of hydrogen-bond acceptors (Lipinski definition) is 6. The second-order valence-electron chi connectivity index (χ2n) is 15.1. The molecule has 13 aromatic rings. The molecular weight excluding hydrogens is 727 g/mol. The molecule has 0 aliphatic heterocycles. The minimum Gasteiger partial charge on any atom is -0.456 e. The molecular formula is C53H29N3O3. The van der Waals surface area contributed by atoms with Gasteiger partial charge < -0.3 is 13.3 Å². The monoisotopic (exact) mass is 755 g/mol. The van der Waals surface area contributed by atoms with Gasteiger partial charge >= 0.3 is 0 Å². The highest BCUT2D eigenvalue weighted by Gasteiger charge is 2.23. The maximum atomic E-state index is 6.91. The van der Waals surface area contributed by atoms with Crippen LogP contribution in [0.2, 0.25) is 0 Å². The summed E-state index contributed by atoms with van der Waals surface area (Å²) < 4.78 is 19.8. The number of fused-ring (bicyclic) bond motifs is 12. The van der Waals surface area contributed by atoms with Crippen LogP contribution in [-0.4, -0.2) is 15.0 Å². The van der Waals surface area contributed by atoms with Crippen LogP contribution in [0.15, 0.2) is 189 Å². The summed E-state index contributed by atoms with van der Waals surface area (Å²) in [5.41, 5.74) is 9.51. The van der Waals surface area contributed by atoms with Gasteiger partial charge in [-0.25, -0.2) is 15.0 Å². The quantitative estimate of drug-likeness (QED) is 0.178. The van der Waals surface area contributed by atoms with E-state index in [1.807, 2.05) is 54.6 Å². The highest BCUT2D eigenvalue weighted by molar-refractivity contribution is 6.24. The van der Waals surface area contributed by atoms with Crippen molar-refractivity contribution in [3.63, 3.8) is 0 Å². The zero-order chi connectivity index (χ0) is 38.6. The van der Waals surface area contributed by atoms with E-state index in [0.29, 0.717) is 17.5 Å². The molecule has 0 radical (unpaired) electrons. The largest absolute Gasteiger partial charge is 0.456 e. The van der Waals surface area contributed by atoms with E-state index in [4.69, 9.17) is 28.2 Å². The van der Waals surface area contributed by atoms with Crippen LogP contribution in [-0.2, 0) is 0 Å². The Hall–Kier alpha value is -8.09. The van der Waals surface area contributed by atoms with E-state index < -0.39 is 0 Å². The third-order valence-electron chi connectivity index (χ3n) is 11.7. The molecule has 0 atom stereocenters. The molecule has 13 rings (SSSR count). The Morgan fingerprint density at radius 3 is 1.59 bits per heavy atom. The molecule has 0 saturated heterocycles. The van der Waals surface area contributed by atoms with Gasteiger partial charge in [-0.2, -0.15) is 0 Å². The molecule has 0 aliphatic rings. The van der Waals surface area contributed by atoms with Crippen LogP contribution in [0.3, 0.4) is 0 Å². The SMILES string of the molecule is c1ccc2cc(-c3nc(-c4cccc5oc6ccccc6c45)nc(-c4cccc5oc6c(-c7cc8ccccc8c8oc9ccccc9c78)cccc6c45)n3)ccc2c1. The zero-order valence-corrected chi connectivity index (χ0v) is 31.3. The van der Waals surface area contributed by atoms with Crippen LogP contribution in [0.1, 0.15) is 0 Å². The zero-order valence-electron chi connectivity index (χ0n) is 31.3. The molecule has 0 amide bonds. The maximum absolute atomic E-state index is 6.91. The van der Waals surface area contributed by atoms with Gasteiger partial charge in [0.05, 0.1) is 0 Å². The fourth-order valence-corrected chi connectivity index (χ4v) is 9.05. The number of aromatic nitrogens is 3. The van der Waals surface area contributed by atoms with Crippen molar-refractivity contribution in [2.75, 3.05) is 0 Å². The third-order valence-corrected chi connectivity index (χ3v) is 11.7. The second-order valence-corrected chi connectivity index (χ2v) is 15.1. The fraction of sp³-hybridized carbons (Fsp3) is 0. The van der Waals surface area contributed by atoms with Gasteiger partial charge in [0.15, 0.2) is 17.5 Å². The van der Waals surface area contributed by atoms with Crippen molar-refractivity contribution in [3.8, 4) is 45.3 Å². The Bertz CT molecular complexity index is 3870. The Kier molecular flexibility index (Phi) is 6.63. The predicted octanol–water partition coefficient (Wildman–Crippen LogP) is 14.5. The first kappa shape index (κ1) is 32.0. The standard InChI is InChI=1S/C53H29N3O3/c1-2-13-31-28-33(27-26-30(31)12-1)51-54-52(39-20-10-24-44-46(39)36-16-5-7-22-42(36)57-44)56-53(55-51)40-21-11-25-45-47(40)38-19-9-18-35(49(38)59-45)41-29-32-14-3-4-15-34(32)50-48(41)37-17-6-8-23-43(37)58-50/h1-29H. The molecule has 59 heavy (non-hydrogen) atoms. The molecule has 0 aliphatic carbocycles. The summed E-state index contributed by atoms with van der Waals surface area (Å²) in [5, 5.41) is 10.5. The third kappa shape index (κ3) is 4.77. The predicted molar refractivity (Wildman–Crippen MR) is 238 cm³/mol. The van der Waals surface area contributed by atoms with Crippen molar-refractivity contribution in [1.29, 1.82) is 0 Å². The minimum absolute atomic E-state index is 0.551. The van der Waals surface area contributed by atoms with Gasteiger partial charge in [0.2, 0.25) is 0 Å². The molecule has 9 aromatic carbocycles. The summed E-state index contributed by atoms with van der Waals surface area (Å²) in [5.74, 6) is 1.69. The van der Waals surface area contributed by atoms with Crippen LogP contribution in [0.4, 0.5) is 0 Å². The van der Waals surface area contributed by atoms with E-state index in [0.717, 1.165) is 115 Å². The van der Waals surface area contributed by atoms with Crippen molar-refractivity contribution in [3.05, 3.63) is 176 Å². The van der Waals surface area contributed by atoms with Crippen LogP contribution < -0.4 is 0 Å². The molecule has 6 nitrogen and oxygen atoms in total. The van der Waals surface area contributed by atoms with E-state index in [1.165, 1.54) is 0 Å². The van der Waals surface area contributed by atoms with Crippen molar-refractivity contribution < 1.29 is 13.3 Å². The molecule has 0 unspecified atom stereocenters. The first-order valence-electron chi connectivity index (χ1n) is 19.7. The van der Waals surface area contributed by atoms with E-state index >= 15 is 0 Å². The van der Waals surface area contributed by atoms with Gasteiger partial charge in [-0.1, -0.05) is 140 Å². The number of hydrogen-bond donors (Lipinski definition) is 0. The number of rotatable bonds is 4. The van der Waals surface area contributed by atoms with Crippen LogP contribution in [0, 0.1) is 0 Å². The van der Waals surface area contributed by atoms with Gasteiger partial charge in [0, 0.05) is 60.0 Å². The Morgan fingerprint density at radius 2 is 0.814 bits per heavy atom. The molecule has 0 spiro atoms. The van der Waals surface area contributed by atoms with E-state index in [1.54, 1.807) is 0 Å². The summed E-state index contributed by atoms with van der Waals surface area (Å²) in [7, 11) is 0. The summed E-state index contributed by atoms with van der Waals surface area (Å²) in [6.45, 7) is 0.